The number of amides is 1. The van der Waals surface area contributed by atoms with Gasteiger partial charge in [-0.05, 0) is 63.3 Å². The van der Waals surface area contributed by atoms with Gasteiger partial charge in [-0.3, -0.25) is 4.79 Å². The predicted octanol–water partition coefficient (Wildman–Crippen LogP) is 3.14. The van der Waals surface area contributed by atoms with Crippen LogP contribution in [-0.2, 0) is 4.79 Å². The quantitative estimate of drug-likeness (QED) is 0.750. The van der Waals surface area contributed by atoms with Gasteiger partial charge in [0.25, 0.3) is 0 Å². The lowest BCUT2D eigenvalue weighted by molar-refractivity contribution is -0.122. The molecule has 0 bridgehead atoms. The van der Waals surface area contributed by atoms with E-state index in [0.717, 1.165) is 50.1 Å². The zero-order valence-corrected chi connectivity index (χ0v) is 15.0. The summed E-state index contributed by atoms with van der Waals surface area (Å²) in [6, 6.07) is 6.55. The van der Waals surface area contributed by atoms with E-state index < -0.39 is 0 Å². The molecule has 130 valence electrons. The zero-order chi connectivity index (χ0) is 15.8. The minimum absolute atomic E-state index is 0. The maximum atomic E-state index is 11.9. The van der Waals surface area contributed by atoms with Crippen molar-refractivity contribution in [1.29, 1.82) is 0 Å². The molecule has 0 saturated carbocycles. The molecule has 1 saturated heterocycles. The molecule has 1 amide bonds. The molecule has 1 aromatic carbocycles. The van der Waals surface area contributed by atoms with E-state index in [2.05, 4.69) is 42.7 Å². The van der Waals surface area contributed by atoms with Crippen molar-refractivity contribution in [2.45, 2.75) is 52.0 Å². The van der Waals surface area contributed by atoms with E-state index in [1.54, 1.807) is 0 Å². The molecule has 1 heterocycles. The van der Waals surface area contributed by atoms with Crippen LogP contribution in [-0.4, -0.2) is 31.6 Å². The lowest BCUT2D eigenvalue weighted by atomic mass is 10.1. The van der Waals surface area contributed by atoms with Crippen molar-refractivity contribution in [1.82, 2.24) is 10.6 Å². The van der Waals surface area contributed by atoms with Crippen molar-refractivity contribution >= 4 is 18.3 Å². The number of rotatable bonds is 7. The molecule has 2 N–H and O–H groups in total. The Morgan fingerprint density at radius 3 is 2.91 bits per heavy atom. The number of carbonyl (C=O) groups excluding carboxylic acids is 1. The lowest BCUT2D eigenvalue weighted by Gasteiger charge is -2.23. The minimum atomic E-state index is 0. The fraction of sp³-hybridized carbons (Fsp3) is 0.611. The van der Waals surface area contributed by atoms with Crippen molar-refractivity contribution in [2.75, 3.05) is 19.7 Å². The Morgan fingerprint density at radius 1 is 1.35 bits per heavy atom. The van der Waals surface area contributed by atoms with Gasteiger partial charge in [0.2, 0.25) is 5.91 Å². The normalized spacial score (nSPS) is 17.2. The molecule has 2 rings (SSSR count). The number of carbonyl (C=O) groups is 1. The first-order valence-electron chi connectivity index (χ1n) is 8.35. The van der Waals surface area contributed by atoms with Crippen LogP contribution in [0.3, 0.4) is 0 Å². The SMILES string of the molecule is Cc1ccc(C)c(OCCCCC(=O)NC2CCCNC2)c1.Cl. The van der Waals surface area contributed by atoms with Crippen LogP contribution in [0, 0.1) is 13.8 Å². The molecule has 1 aliphatic rings. The number of hydrogen-bond acceptors (Lipinski definition) is 3. The summed E-state index contributed by atoms with van der Waals surface area (Å²) in [5.41, 5.74) is 2.37. The van der Waals surface area contributed by atoms with Gasteiger partial charge in [0.05, 0.1) is 6.61 Å². The third-order valence-electron chi connectivity index (χ3n) is 4.06. The minimum Gasteiger partial charge on any atom is -0.493 e. The average Bonchev–Trinajstić information content (AvgIpc) is 2.51. The average molecular weight is 341 g/mol. The third kappa shape index (κ3) is 7.23. The van der Waals surface area contributed by atoms with Crippen LogP contribution >= 0.6 is 12.4 Å². The van der Waals surface area contributed by atoms with Gasteiger partial charge in [-0.25, -0.2) is 0 Å². The number of piperidine rings is 1. The second-order valence-corrected chi connectivity index (χ2v) is 6.19. The lowest BCUT2D eigenvalue weighted by Crippen LogP contribution is -2.45. The smallest absolute Gasteiger partial charge is 0.220 e. The van der Waals surface area contributed by atoms with Crippen LogP contribution in [0.25, 0.3) is 0 Å². The molecule has 1 unspecified atom stereocenters. The molecule has 0 spiro atoms. The molecule has 0 radical (unpaired) electrons. The Labute approximate surface area is 145 Å². The molecule has 0 aliphatic carbocycles. The number of benzene rings is 1. The van der Waals surface area contributed by atoms with Gasteiger partial charge in [-0.2, -0.15) is 0 Å². The van der Waals surface area contributed by atoms with Crippen molar-refractivity contribution in [3.05, 3.63) is 29.3 Å². The molecular weight excluding hydrogens is 312 g/mol. The van der Waals surface area contributed by atoms with Gasteiger partial charge in [-0.15, -0.1) is 12.4 Å². The first-order chi connectivity index (χ1) is 10.6. The highest BCUT2D eigenvalue weighted by Gasteiger charge is 2.14. The van der Waals surface area contributed by atoms with Crippen LogP contribution in [0.5, 0.6) is 5.75 Å². The Bertz CT molecular complexity index is 488. The van der Waals surface area contributed by atoms with E-state index in [1.807, 2.05) is 0 Å². The highest BCUT2D eigenvalue weighted by atomic mass is 35.5. The van der Waals surface area contributed by atoms with Crippen LogP contribution in [0.15, 0.2) is 18.2 Å². The standard InChI is InChI=1S/C18H28N2O2.ClH/c1-14-8-9-15(2)17(12-14)22-11-4-3-7-18(21)20-16-6-5-10-19-13-16;/h8-9,12,16,19H,3-7,10-11,13H2,1-2H3,(H,20,21);1H. The molecule has 1 aromatic rings. The number of hydrogen-bond donors (Lipinski definition) is 2. The van der Waals surface area contributed by atoms with Crippen molar-refractivity contribution in [2.24, 2.45) is 0 Å². The number of aryl methyl sites for hydroxylation is 2. The number of nitrogens with one attached hydrogen (secondary N) is 2. The summed E-state index contributed by atoms with van der Waals surface area (Å²) in [6.07, 6.45) is 4.61. The Balaban J connectivity index is 0.00000264. The molecule has 1 atom stereocenters. The fourth-order valence-electron chi connectivity index (χ4n) is 2.71. The molecular formula is C18H29ClN2O2. The summed E-state index contributed by atoms with van der Waals surface area (Å²) in [4.78, 5) is 11.9. The number of unbranched alkanes of at least 4 members (excludes halogenated alkanes) is 1. The Kier molecular flexibility index (Phi) is 9.03. The summed E-state index contributed by atoms with van der Waals surface area (Å²) < 4.78 is 5.81. The summed E-state index contributed by atoms with van der Waals surface area (Å²) in [5, 5.41) is 6.41. The maximum Gasteiger partial charge on any atom is 0.220 e. The van der Waals surface area contributed by atoms with Gasteiger partial charge in [-0.1, -0.05) is 12.1 Å². The van der Waals surface area contributed by atoms with E-state index in [9.17, 15) is 4.79 Å². The molecule has 5 heteroatoms. The summed E-state index contributed by atoms with van der Waals surface area (Å²) in [6.45, 7) is 6.77. The van der Waals surface area contributed by atoms with Gasteiger partial charge >= 0.3 is 0 Å². The first kappa shape index (κ1) is 19.8. The van der Waals surface area contributed by atoms with Gasteiger partial charge in [0.1, 0.15) is 5.75 Å². The van der Waals surface area contributed by atoms with Crippen LogP contribution in [0.1, 0.15) is 43.2 Å². The number of ether oxygens (including phenoxy) is 1. The van der Waals surface area contributed by atoms with E-state index in [1.165, 1.54) is 5.56 Å². The monoisotopic (exact) mass is 340 g/mol. The van der Waals surface area contributed by atoms with Crippen LogP contribution < -0.4 is 15.4 Å². The molecule has 1 fully saturated rings. The van der Waals surface area contributed by atoms with Crippen molar-refractivity contribution < 1.29 is 9.53 Å². The van der Waals surface area contributed by atoms with Gasteiger partial charge in [0.15, 0.2) is 0 Å². The number of halogens is 1. The highest BCUT2D eigenvalue weighted by Crippen LogP contribution is 2.19. The summed E-state index contributed by atoms with van der Waals surface area (Å²) in [7, 11) is 0. The second kappa shape index (κ2) is 10.5. The summed E-state index contributed by atoms with van der Waals surface area (Å²) >= 11 is 0. The van der Waals surface area contributed by atoms with Crippen LogP contribution in [0.2, 0.25) is 0 Å². The molecule has 4 nitrogen and oxygen atoms in total. The Morgan fingerprint density at radius 2 is 2.17 bits per heavy atom. The second-order valence-electron chi connectivity index (χ2n) is 6.19. The maximum absolute atomic E-state index is 11.9. The molecule has 0 aromatic heterocycles. The van der Waals surface area contributed by atoms with Gasteiger partial charge < -0.3 is 15.4 Å². The highest BCUT2D eigenvalue weighted by molar-refractivity contribution is 5.85. The topological polar surface area (TPSA) is 50.4 Å². The first-order valence-corrected chi connectivity index (χ1v) is 8.35. The van der Waals surface area contributed by atoms with E-state index in [4.69, 9.17) is 4.74 Å². The zero-order valence-electron chi connectivity index (χ0n) is 14.2. The molecule has 23 heavy (non-hydrogen) atoms. The van der Waals surface area contributed by atoms with Crippen molar-refractivity contribution in [3.63, 3.8) is 0 Å². The molecule has 1 aliphatic heterocycles. The van der Waals surface area contributed by atoms with E-state index in [0.29, 0.717) is 19.1 Å². The fourth-order valence-corrected chi connectivity index (χ4v) is 2.71. The van der Waals surface area contributed by atoms with Crippen molar-refractivity contribution in [3.8, 4) is 5.75 Å². The van der Waals surface area contributed by atoms with Gasteiger partial charge in [0, 0.05) is 19.0 Å². The Hall–Kier alpha value is -1.26. The predicted molar refractivity (Wildman–Crippen MR) is 96.5 cm³/mol. The van der Waals surface area contributed by atoms with E-state index in [-0.39, 0.29) is 18.3 Å². The summed E-state index contributed by atoms with van der Waals surface area (Å²) in [5.74, 6) is 1.12. The largest absolute Gasteiger partial charge is 0.493 e. The van der Waals surface area contributed by atoms with E-state index >= 15 is 0 Å². The third-order valence-corrected chi connectivity index (χ3v) is 4.06. The van der Waals surface area contributed by atoms with Crippen LogP contribution in [0.4, 0.5) is 0 Å².